The number of hydrogen-bond acceptors (Lipinski definition) is 4. The highest BCUT2D eigenvalue weighted by molar-refractivity contribution is 6.33. The topological polar surface area (TPSA) is 73.2 Å². The van der Waals surface area contributed by atoms with Crippen LogP contribution in [-0.2, 0) is 9.53 Å². The summed E-state index contributed by atoms with van der Waals surface area (Å²) in [6, 6.07) is 9.41. The number of carbonyl (C=O) groups excluding carboxylic acids is 2. The van der Waals surface area contributed by atoms with Gasteiger partial charge in [-0.15, -0.1) is 0 Å². The van der Waals surface area contributed by atoms with Crippen LogP contribution >= 0.6 is 11.6 Å². The molecule has 1 aliphatic carbocycles. The van der Waals surface area contributed by atoms with E-state index in [1.54, 1.807) is 6.92 Å². The first-order chi connectivity index (χ1) is 13.4. The van der Waals surface area contributed by atoms with Crippen LogP contribution in [0.25, 0.3) is 5.69 Å². The molecule has 150 valence electrons. The maximum Gasteiger partial charge on any atom is 0.343 e. The zero-order valence-electron chi connectivity index (χ0n) is 16.4. The summed E-state index contributed by atoms with van der Waals surface area (Å²) in [6.07, 6.45) is 3.25. The Kier molecular flexibility index (Phi) is 6.39. The van der Waals surface area contributed by atoms with Crippen molar-refractivity contribution in [3.05, 3.63) is 46.7 Å². The van der Waals surface area contributed by atoms with Crippen LogP contribution in [0.5, 0.6) is 0 Å². The van der Waals surface area contributed by atoms with Crippen molar-refractivity contribution in [1.82, 2.24) is 15.1 Å². The zero-order valence-corrected chi connectivity index (χ0v) is 17.2. The van der Waals surface area contributed by atoms with Crippen molar-refractivity contribution < 1.29 is 14.3 Å². The fourth-order valence-corrected chi connectivity index (χ4v) is 4.06. The molecule has 0 aliphatic heterocycles. The maximum absolute atomic E-state index is 12.5. The molecule has 1 saturated carbocycles. The molecule has 0 bridgehead atoms. The average Bonchev–Trinajstić information content (AvgIpc) is 2.98. The fraction of sp³-hybridized carbons (Fsp3) is 0.476. The summed E-state index contributed by atoms with van der Waals surface area (Å²) in [6.45, 7) is 5.72. The molecule has 1 amide bonds. The number of nitrogens with zero attached hydrogens (tertiary/aromatic N) is 2. The summed E-state index contributed by atoms with van der Waals surface area (Å²) in [5.41, 5.74) is 1.37. The smallest absolute Gasteiger partial charge is 0.343 e. The van der Waals surface area contributed by atoms with E-state index in [0.29, 0.717) is 17.5 Å². The van der Waals surface area contributed by atoms with Gasteiger partial charge in [-0.25, -0.2) is 9.48 Å². The molecule has 7 heteroatoms. The van der Waals surface area contributed by atoms with E-state index in [-0.39, 0.29) is 29.3 Å². The number of para-hydroxylation sites is 1. The standard InChI is InChI=1S/C21H26ClN3O3/c1-13-8-7-11-17(14(13)2)23-18(26)12-28-21(27)19-15(3)24-25(20(19)22)16-9-5-4-6-10-16/h4-6,9-10,13-14,17H,7-8,11-12H2,1-3H3,(H,23,26). The molecule has 0 saturated heterocycles. The Balaban J connectivity index is 1.62. The van der Waals surface area contributed by atoms with Gasteiger partial charge in [0.25, 0.3) is 5.91 Å². The second-order valence-electron chi connectivity index (χ2n) is 7.52. The fourth-order valence-electron chi connectivity index (χ4n) is 3.71. The molecule has 0 radical (unpaired) electrons. The number of rotatable bonds is 5. The van der Waals surface area contributed by atoms with E-state index in [9.17, 15) is 9.59 Å². The number of ether oxygens (including phenoxy) is 1. The lowest BCUT2D eigenvalue weighted by Gasteiger charge is -2.34. The minimum absolute atomic E-state index is 0.126. The van der Waals surface area contributed by atoms with Crippen molar-refractivity contribution in [2.45, 2.75) is 46.1 Å². The molecule has 1 aromatic heterocycles. The Morgan fingerprint density at radius 1 is 1.25 bits per heavy atom. The van der Waals surface area contributed by atoms with Gasteiger partial charge in [0.2, 0.25) is 0 Å². The highest BCUT2D eigenvalue weighted by Gasteiger charge is 2.29. The van der Waals surface area contributed by atoms with E-state index in [2.05, 4.69) is 24.3 Å². The lowest BCUT2D eigenvalue weighted by molar-refractivity contribution is -0.125. The predicted molar refractivity (Wildman–Crippen MR) is 108 cm³/mol. The molecule has 3 unspecified atom stereocenters. The summed E-state index contributed by atoms with van der Waals surface area (Å²) >= 11 is 6.36. The molecule has 3 rings (SSSR count). The van der Waals surface area contributed by atoms with Gasteiger partial charge in [-0.1, -0.05) is 56.5 Å². The number of aromatic nitrogens is 2. The normalized spacial score (nSPS) is 21.9. The highest BCUT2D eigenvalue weighted by Crippen LogP contribution is 2.29. The molecule has 2 aromatic rings. The van der Waals surface area contributed by atoms with Crippen LogP contribution in [0.4, 0.5) is 0 Å². The summed E-state index contributed by atoms with van der Waals surface area (Å²) in [5, 5.41) is 7.49. The molecule has 1 aromatic carbocycles. The molecule has 1 N–H and O–H groups in total. The van der Waals surface area contributed by atoms with E-state index >= 15 is 0 Å². The van der Waals surface area contributed by atoms with Crippen molar-refractivity contribution in [3.63, 3.8) is 0 Å². The second kappa shape index (κ2) is 8.78. The maximum atomic E-state index is 12.5. The number of nitrogens with one attached hydrogen (secondary N) is 1. The van der Waals surface area contributed by atoms with E-state index in [0.717, 1.165) is 18.5 Å². The Morgan fingerprint density at radius 2 is 1.96 bits per heavy atom. The average molecular weight is 404 g/mol. The van der Waals surface area contributed by atoms with Gasteiger partial charge in [0.05, 0.1) is 11.4 Å². The van der Waals surface area contributed by atoms with Crippen molar-refractivity contribution in [1.29, 1.82) is 0 Å². The van der Waals surface area contributed by atoms with E-state index in [4.69, 9.17) is 16.3 Å². The van der Waals surface area contributed by atoms with Crippen LogP contribution in [0, 0.1) is 18.8 Å². The Labute approximate surface area is 170 Å². The van der Waals surface area contributed by atoms with Gasteiger partial charge in [-0.05, 0) is 37.3 Å². The zero-order chi connectivity index (χ0) is 20.3. The van der Waals surface area contributed by atoms with Crippen molar-refractivity contribution in [2.75, 3.05) is 6.61 Å². The number of halogens is 1. The van der Waals surface area contributed by atoms with E-state index < -0.39 is 5.97 Å². The molecular formula is C21H26ClN3O3. The molecule has 28 heavy (non-hydrogen) atoms. The Morgan fingerprint density at radius 3 is 2.68 bits per heavy atom. The number of hydrogen-bond donors (Lipinski definition) is 1. The molecule has 6 nitrogen and oxygen atoms in total. The van der Waals surface area contributed by atoms with Gasteiger partial charge in [-0.2, -0.15) is 5.10 Å². The lowest BCUT2D eigenvalue weighted by atomic mass is 9.78. The monoisotopic (exact) mass is 403 g/mol. The molecule has 1 fully saturated rings. The molecule has 1 heterocycles. The number of carbonyl (C=O) groups is 2. The van der Waals surface area contributed by atoms with Gasteiger partial charge >= 0.3 is 5.97 Å². The molecular weight excluding hydrogens is 378 g/mol. The number of esters is 1. The van der Waals surface area contributed by atoms with Crippen molar-refractivity contribution >= 4 is 23.5 Å². The van der Waals surface area contributed by atoms with Gasteiger partial charge in [0.15, 0.2) is 6.61 Å². The Hall–Kier alpha value is -2.34. The summed E-state index contributed by atoms with van der Waals surface area (Å²) in [7, 11) is 0. The lowest BCUT2D eigenvalue weighted by Crippen LogP contribution is -2.45. The Bertz CT molecular complexity index is 850. The highest BCUT2D eigenvalue weighted by atomic mass is 35.5. The van der Waals surface area contributed by atoms with Crippen LogP contribution in [0.2, 0.25) is 5.15 Å². The predicted octanol–water partition coefficient (Wildman–Crippen LogP) is 3.93. The second-order valence-corrected chi connectivity index (χ2v) is 7.87. The van der Waals surface area contributed by atoms with Crippen molar-refractivity contribution in [2.24, 2.45) is 11.8 Å². The van der Waals surface area contributed by atoms with Gasteiger partial charge < -0.3 is 10.1 Å². The quantitative estimate of drug-likeness (QED) is 0.767. The first kappa shape index (κ1) is 20.4. The summed E-state index contributed by atoms with van der Waals surface area (Å²) < 4.78 is 6.70. The van der Waals surface area contributed by atoms with Crippen LogP contribution in [0.1, 0.15) is 49.2 Å². The van der Waals surface area contributed by atoms with Crippen LogP contribution in [-0.4, -0.2) is 34.3 Å². The van der Waals surface area contributed by atoms with Crippen LogP contribution in [0.3, 0.4) is 0 Å². The number of amides is 1. The van der Waals surface area contributed by atoms with Gasteiger partial charge in [0.1, 0.15) is 10.7 Å². The minimum Gasteiger partial charge on any atom is -0.452 e. The largest absolute Gasteiger partial charge is 0.452 e. The number of aryl methyl sites for hydroxylation is 1. The van der Waals surface area contributed by atoms with E-state index in [1.165, 1.54) is 11.1 Å². The third-order valence-corrected chi connectivity index (χ3v) is 5.95. The molecule has 1 aliphatic rings. The number of benzene rings is 1. The summed E-state index contributed by atoms with van der Waals surface area (Å²) in [4.78, 5) is 24.8. The summed E-state index contributed by atoms with van der Waals surface area (Å²) in [5.74, 6) is 0.0505. The van der Waals surface area contributed by atoms with E-state index in [1.807, 2.05) is 30.3 Å². The van der Waals surface area contributed by atoms with Crippen molar-refractivity contribution in [3.8, 4) is 5.69 Å². The van der Waals surface area contributed by atoms with Gasteiger partial charge in [0, 0.05) is 6.04 Å². The van der Waals surface area contributed by atoms with Crippen LogP contribution in [0.15, 0.2) is 30.3 Å². The molecule has 3 atom stereocenters. The van der Waals surface area contributed by atoms with Crippen LogP contribution < -0.4 is 5.32 Å². The SMILES string of the molecule is Cc1nn(-c2ccccc2)c(Cl)c1C(=O)OCC(=O)NC1CCCC(C)C1C. The first-order valence-electron chi connectivity index (χ1n) is 9.65. The minimum atomic E-state index is -0.648. The molecule has 0 spiro atoms. The van der Waals surface area contributed by atoms with Gasteiger partial charge in [-0.3, -0.25) is 4.79 Å². The third kappa shape index (κ3) is 4.38. The first-order valence-corrected chi connectivity index (χ1v) is 10.0. The third-order valence-electron chi connectivity index (χ3n) is 5.60.